The molecule has 1 aliphatic rings. The van der Waals surface area contributed by atoms with Gasteiger partial charge in [-0.15, -0.1) is 0 Å². The van der Waals surface area contributed by atoms with Crippen molar-refractivity contribution in [3.8, 4) is 0 Å². The lowest BCUT2D eigenvalue weighted by Gasteiger charge is -2.27. The third-order valence-corrected chi connectivity index (χ3v) is 3.58. The van der Waals surface area contributed by atoms with Gasteiger partial charge < -0.3 is 9.30 Å². The van der Waals surface area contributed by atoms with Gasteiger partial charge in [0.25, 0.3) is 0 Å². The molecule has 1 saturated carbocycles. The van der Waals surface area contributed by atoms with E-state index in [0.29, 0.717) is 13.0 Å². The van der Waals surface area contributed by atoms with Gasteiger partial charge in [0.15, 0.2) is 5.78 Å². The van der Waals surface area contributed by atoms with Crippen LogP contribution in [0.25, 0.3) is 0 Å². The normalized spacial score (nSPS) is 18.5. The number of ether oxygens (including phenoxy) is 1. The van der Waals surface area contributed by atoms with Crippen molar-refractivity contribution in [3.05, 3.63) is 18.2 Å². The molecule has 1 heterocycles. The molecule has 0 saturated heterocycles. The number of imidazole rings is 1. The van der Waals surface area contributed by atoms with Crippen molar-refractivity contribution in [2.24, 2.45) is 7.05 Å². The van der Waals surface area contributed by atoms with Gasteiger partial charge >= 0.3 is 0 Å². The Morgan fingerprint density at radius 2 is 2.24 bits per heavy atom. The van der Waals surface area contributed by atoms with E-state index in [1.807, 2.05) is 24.7 Å². The van der Waals surface area contributed by atoms with Crippen LogP contribution in [0.15, 0.2) is 12.4 Å². The summed E-state index contributed by atoms with van der Waals surface area (Å²) >= 11 is 0. The van der Waals surface area contributed by atoms with Gasteiger partial charge in [-0.25, -0.2) is 4.98 Å². The molecule has 0 N–H and O–H groups in total. The molecule has 0 unspecified atom stereocenters. The Morgan fingerprint density at radius 3 is 2.76 bits per heavy atom. The van der Waals surface area contributed by atoms with Gasteiger partial charge in [-0.3, -0.25) is 4.79 Å². The predicted molar refractivity (Wildman–Crippen MR) is 64.7 cm³/mol. The van der Waals surface area contributed by atoms with Gasteiger partial charge in [-0.2, -0.15) is 0 Å². The molecule has 17 heavy (non-hydrogen) atoms. The van der Waals surface area contributed by atoms with Gasteiger partial charge in [-0.1, -0.05) is 0 Å². The van der Waals surface area contributed by atoms with Crippen LogP contribution in [0, 0.1) is 0 Å². The second-order valence-corrected chi connectivity index (χ2v) is 4.69. The SMILES string of the molecule is CCOC1(C(=O)Cc2nccn2C)CCCC1. The topological polar surface area (TPSA) is 44.1 Å². The fourth-order valence-electron chi connectivity index (χ4n) is 2.60. The number of hydrogen-bond donors (Lipinski definition) is 0. The zero-order chi connectivity index (χ0) is 12.3. The molecule has 1 aromatic heterocycles. The highest BCUT2D eigenvalue weighted by molar-refractivity contribution is 5.89. The van der Waals surface area contributed by atoms with E-state index < -0.39 is 5.60 Å². The highest BCUT2D eigenvalue weighted by Crippen LogP contribution is 2.34. The molecule has 4 nitrogen and oxygen atoms in total. The molecule has 1 aliphatic carbocycles. The Hall–Kier alpha value is -1.16. The molecule has 4 heteroatoms. The number of rotatable bonds is 5. The standard InChI is InChI=1S/C13H20N2O2/c1-3-17-13(6-4-5-7-13)11(16)10-12-14-8-9-15(12)2/h8-9H,3-7,10H2,1-2H3. The predicted octanol–water partition coefficient (Wildman–Crippen LogP) is 1.88. The summed E-state index contributed by atoms with van der Waals surface area (Å²) in [4.78, 5) is 16.6. The summed E-state index contributed by atoms with van der Waals surface area (Å²) < 4.78 is 7.65. The van der Waals surface area contributed by atoms with Crippen molar-refractivity contribution < 1.29 is 9.53 Å². The summed E-state index contributed by atoms with van der Waals surface area (Å²) in [5.74, 6) is 1.01. The van der Waals surface area contributed by atoms with Crippen LogP contribution < -0.4 is 0 Å². The number of aromatic nitrogens is 2. The van der Waals surface area contributed by atoms with E-state index in [4.69, 9.17) is 4.74 Å². The van der Waals surface area contributed by atoms with Crippen molar-refractivity contribution in [2.75, 3.05) is 6.61 Å². The fraction of sp³-hybridized carbons (Fsp3) is 0.692. The van der Waals surface area contributed by atoms with E-state index in [1.165, 1.54) is 0 Å². The second kappa shape index (κ2) is 5.00. The van der Waals surface area contributed by atoms with Crippen molar-refractivity contribution in [2.45, 2.75) is 44.6 Å². The summed E-state index contributed by atoms with van der Waals surface area (Å²) in [6.07, 6.45) is 7.88. The molecule has 2 rings (SSSR count). The molecule has 0 radical (unpaired) electrons. The van der Waals surface area contributed by atoms with E-state index in [2.05, 4.69) is 4.98 Å². The van der Waals surface area contributed by atoms with Crippen molar-refractivity contribution >= 4 is 5.78 Å². The first-order valence-electron chi connectivity index (χ1n) is 6.31. The first-order chi connectivity index (χ1) is 8.18. The largest absolute Gasteiger partial charge is 0.367 e. The van der Waals surface area contributed by atoms with Crippen LogP contribution in [0.5, 0.6) is 0 Å². The Kier molecular flexibility index (Phi) is 3.62. The van der Waals surface area contributed by atoms with Crippen LogP contribution in [0.4, 0.5) is 0 Å². The molecule has 0 aromatic carbocycles. The zero-order valence-electron chi connectivity index (χ0n) is 10.6. The second-order valence-electron chi connectivity index (χ2n) is 4.69. The quantitative estimate of drug-likeness (QED) is 0.784. The van der Waals surface area contributed by atoms with E-state index in [1.54, 1.807) is 6.20 Å². The molecule has 1 aromatic rings. The number of carbonyl (C=O) groups is 1. The smallest absolute Gasteiger partial charge is 0.172 e. The van der Waals surface area contributed by atoms with E-state index >= 15 is 0 Å². The zero-order valence-corrected chi connectivity index (χ0v) is 10.6. The number of ketones is 1. The Bertz CT molecular complexity index is 392. The molecule has 94 valence electrons. The van der Waals surface area contributed by atoms with Crippen molar-refractivity contribution in [1.29, 1.82) is 0 Å². The summed E-state index contributed by atoms with van der Waals surface area (Å²) in [6.45, 7) is 2.56. The van der Waals surface area contributed by atoms with E-state index in [9.17, 15) is 4.79 Å². The fourth-order valence-corrected chi connectivity index (χ4v) is 2.60. The molecule has 0 atom stereocenters. The Balaban J connectivity index is 2.10. The van der Waals surface area contributed by atoms with Gasteiger partial charge in [-0.05, 0) is 32.6 Å². The number of nitrogens with zero attached hydrogens (tertiary/aromatic N) is 2. The minimum Gasteiger partial charge on any atom is -0.367 e. The number of Topliss-reactive ketones (excluding diaryl/α,β-unsaturated/α-hetero) is 1. The van der Waals surface area contributed by atoms with Crippen LogP contribution in [0.2, 0.25) is 0 Å². The minimum atomic E-state index is -0.527. The number of hydrogen-bond acceptors (Lipinski definition) is 3. The molecule has 1 fully saturated rings. The van der Waals surface area contributed by atoms with Crippen LogP contribution >= 0.6 is 0 Å². The first-order valence-corrected chi connectivity index (χ1v) is 6.31. The summed E-state index contributed by atoms with van der Waals surface area (Å²) in [5, 5.41) is 0. The maximum absolute atomic E-state index is 12.4. The van der Waals surface area contributed by atoms with Crippen molar-refractivity contribution in [3.63, 3.8) is 0 Å². The van der Waals surface area contributed by atoms with E-state index in [0.717, 1.165) is 31.5 Å². The van der Waals surface area contributed by atoms with Crippen LogP contribution in [0.3, 0.4) is 0 Å². The highest BCUT2D eigenvalue weighted by Gasteiger charge is 2.41. The van der Waals surface area contributed by atoms with E-state index in [-0.39, 0.29) is 5.78 Å². The maximum Gasteiger partial charge on any atom is 0.172 e. The molecule has 0 amide bonds. The first kappa shape index (κ1) is 12.3. The van der Waals surface area contributed by atoms with Crippen LogP contribution in [-0.2, 0) is 23.0 Å². The average molecular weight is 236 g/mol. The lowest BCUT2D eigenvalue weighted by atomic mass is 9.93. The monoisotopic (exact) mass is 236 g/mol. The van der Waals surface area contributed by atoms with Gasteiger partial charge in [0.05, 0.1) is 6.42 Å². The third kappa shape index (κ3) is 2.41. The third-order valence-electron chi connectivity index (χ3n) is 3.58. The molecule has 0 bridgehead atoms. The molecular weight excluding hydrogens is 216 g/mol. The summed E-state index contributed by atoms with van der Waals surface area (Å²) in [5.41, 5.74) is -0.527. The molecule has 0 aliphatic heterocycles. The molecular formula is C13H20N2O2. The minimum absolute atomic E-state index is 0.186. The molecule has 0 spiro atoms. The maximum atomic E-state index is 12.4. The van der Waals surface area contributed by atoms with Crippen LogP contribution in [0.1, 0.15) is 38.4 Å². The lowest BCUT2D eigenvalue weighted by molar-refractivity contribution is -0.143. The van der Waals surface area contributed by atoms with Crippen molar-refractivity contribution in [1.82, 2.24) is 9.55 Å². The number of carbonyl (C=O) groups excluding carboxylic acids is 1. The Morgan fingerprint density at radius 1 is 1.53 bits per heavy atom. The average Bonchev–Trinajstić information content (AvgIpc) is 2.91. The lowest BCUT2D eigenvalue weighted by Crippen LogP contribution is -2.40. The number of aryl methyl sites for hydroxylation is 1. The Labute approximate surface area is 102 Å². The summed E-state index contributed by atoms with van der Waals surface area (Å²) in [7, 11) is 1.91. The summed E-state index contributed by atoms with van der Waals surface area (Å²) in [6, 6.07) is 0. The van der Waals surface area contributed by atoms with Crippen LogP contribution in [-0.4, -0.2) is 27.5 Å². The van der Waals surface area contributed by atoms with Gasteiger partial charge in [0, 0.05) is 26.0 Å². The van der Waals surface area contributed by atoms with Gasteiger partial charge in [0.2, 0.25) is 0 Å². The highest BCUT2D eigenvalue weighted by atomic mass is 16.5. The van der Waals surface area contributed by atoms with Gasteiger partial charge in [0.1, 0.15) is 11.4 Å².